The monoisotopic (exact) mass is 325 g/mol. The molecule has 5 nitrogen and oxygen atoms in total. The van der Waals surface area contributed by atoms with E-state index in [9.17, 15) is 18.4 Å². The van der Waals surface area contributed by atoms with Gasteiger partial charge in [0.1, 0.15) is 5.75 Å². The quantitative estimate of drug-likeness (QED) is 0.661. The molecular weight excluding hydrogens is 308 g/mol. The number of esters is 1. The third kappa shape index (κ3) is 4.28. The molecule has 0 unspecified atom stereocenters. The van der Waals surface area contributed by atoms with E-state index in [2.05, 4.69) is 10.1 Å². The Morgan fingerprint density at radius 2 is 2.17 bits per heavy atom. The fourth-order valence-corrected chi connectivity index (χ4v) is 2.35. The number of benzene rings is 1. The van der Waals surface area contributed by atoms with E-state index in [1.807, 2.05) is 0 Å². The highest BCUT2D eigenvalue weighted by Crippen LogP contribution is 2.33. The molecule has 1 N–H and O–H groups in total. The van der Waals surface area contributed by atoms with Crippen molar-refractivity contribution in [3.8, 4) is 5.75 Å². The van der Waals surface area contributed by atoms with Crippen LogP contribution in [0.3, 0.4) is 0 Å². The zero-order chi connectivity index (χ0) is 16.8. The van der Waals surface area contributed by atoms with Crippen LogP contribution in [0.2, 0.25) is 0 Å². The molecule has 23 heavy (non-hydrogen) atoms. The molecule has 124 valence electrons. The van der Waals surface area contributed by atoms with Crippen LogP contribution in [0, 0.1) is 5.92 Å². The number of halogens is 2. The fourth-order valence-electron chi connectivity index (χ4n) is 2.35. The van der Waals surface area contributed by atoms with E-state index in [4.69, 9.17) is 4.74 Å². The van der Waals surface area contributed by atoms with Crippen molar-refractivity contribution >= 4 is 11.9 Å². The second kappa shape index (κ2) is 7.71. The van der Waals surface area contributed by atoms with E-state index in [0.717, 1.165) is 11.6 Å². The Hall–Kier alpha value is -2.44. The first-order valence-electron chi connectivity index (χ1n) is 7.08. The van der Waals surface area contributed by atoms with Crippen molar-refractivity contribution in [3.05, 3.63) is 42.0 Å². The zero-order valence-corrected chi connectivity index (χ0v) is 12.5. The van der Waals surface area contributed by atoms with Crippen LogP contribution in [0.4, 0.5) is 8.78 Å². The van der Waals surface area contributed by atoms with Gasteiger partial charge in [0.25, 0.3) is 6.43 Å². The minimum atomic E-state index is -2.77. The number of rotatable bonds is 5. The lowest BCUT2D eigenvalue weighted by molar-refractivity contribution is -0.135. The number of para-hydroxylation sites is 1. The SMILES string of the molecule is COC(=O)/C=C/CNC(=O)[C@@H]1Cc2ccccc2O[C@H]1C(F)F. The molecule has 0 bridgehead atoms. The summed E-state index contributed by atoms with van der Waals surface area (Å²) in [5, 5.41) is 2.50. The molecule has 2 rings (SSSR count). The largest absolute Gasteiger partial charge is 0.483 e. The highest BCUT2D eigenvalue weighted by Gasteiger charge is 2.40. The summed E-state index contributed by atoms with van der Waals surface area (Å²) < 4.78 is 36.1. The number of fused-ring (bicyclic) bond motifs is 1. The number of hydrogen-bond acceptors (Lipinski definition) is 4. The molecule has 1 aliphatic rings. The molecule has 1 heterocycles. The van der Waals surface area contributed by atoms with E-state index >= 15 is 0 Å². The molecule has 7 heteroatoms. The van der Waals surface area contributed by atoms with E-state index in [1.54, 1.807) is 24.3 Å². The maximum Gasteiger partial charge on any atom is 0.330 e. The normalized spacial score (nSPS) is 20.0. The van der Waals surface area contributed by atoms with Crippen molar-refractivity contribution in [2.24, 2.45) is 5.92 Å². The van der Waals surface area contributed by atoms with Gasteiger partial charge in [0, 0.05) is 12.6 Å². The summed E-state index contributed by atoms with van der Waals surface area (Å²) in [5.41, 5.74) is 0.717. The third-order valence-electron chi connectivity index (χ3n) is 3.51. The second-order valence-corrected chi connectivity index (χ2v) is 5.01. The van der Waals surface area contributed by atoms with E-state index in [-0.39, 0.29) is 13.0 Å². The topological polar surface area (TPSA) is 64.6 Å². The van der Waals surface area contributed by atoms with Gasteiger partial charge in [-0.25, -0.2) is 13.6 Å². The number of amides is 1. The molecule has 0 aromatic heterocycles. The average Bonchev–Trinajstić information content (AvgIpc) is 2.56. The molecular formula is C16H17F2NO4. The van der Waals surface area contributed by atoms with Crippen LogP contribution in [-0.2, 0) is 20.7 Å². The van der Waals surface area contributed by atoms with Crippen molar-refractivity contribution in [1.82, 2.24) is 5.32 Å². The van der Waals surface area contributed by atoms with Gasteiger partial charge < -0.3 is 14.8 Å². The van der Waals surface area contributed by atoms with Crippen LogP contribution in [0.15, 0.2) is 36.4 Å². The number of ether oxygens (including phenoxy) is 2. The number of methoxy groups -OCH3 is 1. The third-order valence-corrected chi connectivity index (χ3v) is 3.51. The molecule has 0 fully saturated rings. The lowest BCUT2D eigenvalue weighted by Crippen LogP contribution is -2.47. The van der Waals surface area contributed by atoms with Gasteiger partial charge in [-0.05, 0) is 18.1 Å². The summed E-state index contributed by atoms with van der Waals surface area (Å²) >= 11 is 0. The Labute approximate surface area is 132 Å². The molecule has 0 aliphatic carbocycles. The molecule has 2 atom stereocenters. The average molecular weight is 325 g/mol. The number of carbonyl (C=O) groups excluding carboxylic acids is 2. The van der Waals surface area contributed by atoms with E-state index < -0.39 is 30.3 Å². The van der Waals surface area contributed by atoms with Gasteiger partial charge in [-0.2, -0.15) is 0 Å². The molecule has 0 spiro atoms. The number of nitrogens with one attached hydrogen (secondary N) is 1. The number of alkyl halides is 2. The van der Waals surface area contributed by atoms with Crippen molar-refractivity contribution in [2.45, 2.75) is 19.0 Å². The van der Waals surface area contributed by atoms with E-state index in [1.165, 1.54) is 13.2 Å². The standard InChI is InChI=1S/C16H17F2NO4/c1-22-13(20)7-4-8-19-16(21)11-9-10-5-2-3-6-12(10)23-14(11)15(17)18/h2-7,11,14-15H,8-9H2,1H3,(H,19,21)/b7-4+/t11-,14-/m1/s1. The summed E-state index contributed by atoms with van der Waals surface area (Å²) in [6.45, 7) is 0.0437. The molecule has 1 amide bonds. The minimum absolute atomic E-state index is 0.0437. The number of hydrogen-bond donors (Lipinski definition) is 1. The maximum absolute atomic E-state index is 13.2. The van der Waals surface area contributed by atoms with Crippen LogP contribution in [0.25, 0.3) is 0 Å². The fraction of sp³-hybridized carbons (Fsp3) is 0.375. The molecule has 0 saturated carbocycles. The lowest BCUT2D eigenvalue weighted by Gasteiger charge is -2.32. The molecule has 1 aromatic carbocycles. The first-order chi connectivity index (χ1) is 11.0. The van der Waals surface area contributed by atoms with Gasteiger partial charge >= 0.3 is 5.97 Å². The first-order valence-corrected chi connectivity index (χ1v) is 7.08. The van der Waals surface area contributed by atoms with Gasteiger partial charge in [0.15, 0.2) is 6.10 Å². The lowest BCUT2D eigenvalue weighted by atomic mass is 9.90. The highest BCUT2D eigenvalue weighted by molar-refractivity contribution is 5.82. The Bertz CT molecular complexity index is 603. The summed E-state index contributed by atoms with van der Waals surface area (Å²) in [5.74, 6) is -1.71. The van der Waals surface area contributed by atoms with Gasteiger partial charge in [0.2, 0.25) is 5.91 Å². The van der Waals surface area contributed by atoms with E-state index in [0.29, 0.717) is 5.75 Å². The van der Waals surface area contributed by atoms with Crippen molar-refractivity contribution in [1.29, 1.82) is 0 Å². The molecule has 1 aromatic rings. The van der Waals surface area contributed by atoms with Gasteiger partial charge in [-0.15, -0.1) is 0 Å². The first kappa shape index (κ1) is 16.9. The molecule has 1 aliphatic heterocycles. The maximum atomic E-state index is 13.2. The Kier molecular flexibility index (Phi) is 5.67. The minimum Gasteiger partial charge on any atom is -0.483 e. The van der Waals surface area contributed by atoms with Crippen molar-refractivity contribution in [2.75, 3.05) is 13.7 Å². The van der Waals surface area contributed by atoms with Gasteiger partial charge in [-0.1, -0.05) is 24.3 Å². The summed E-state index contributed by atoms with van der Waals surface area (Å²) in [7, 11) is 1.23. The van der Waals surface area contributed by atoms with Crippen LogP contribution in [0.1, 0.15) is 5.56 Å². The summed E-state index contributed by atoms with van der Waals surface area (Å²) in [6.07, 6.45) is -1.55. The predicted molar refractivity (Wildman–Crippen MR) is 78.2 cm³/mol. The predicted octanol–water partition coefficient (Wildman–Crippen LogP) is 1.72. The number of carbonyl (C=O) groups is 2. The zero-order valence-electron chi connectivity index (χ0n) is 12.5. The highest BCUT2D eigenvalue weighted by atomic mass is 19.3. The van der Waals surface area contributed by atoms with Crippen molar-refractivity contribution < 1.29 is 27.8 Å². The van der Waals surface area contributed by atoms with Crippen LogP contribution in [-0.4, -0.2) is 38.1 Å². The Balaban J connectivity index is 2.03. The Morgan fingerprint density at radius 3 is 2.87 bits per heavy atom. The van der Waals surface area contributed by atoms with Crippen molar-refractivity contribution in [3.63, 3.8) is 0 Å². The molecule has 0 saturated heterocycles. The molecule has 0 radical (unpaired) electrons. The van der Waals surface area contributed by atoms with Crippen LogP contribution < -0.4 is 10.1 Å². The van der Waals surface area contributed by atoms with Crippen LogP contribution in [0.5, 0.6) is 5.75 Å². The smallest absolute Gasteiger partial charge is 0.330 e. The second-order valence-electron chi connectivity index (χ2n) is 5.01. The van der Waals surface area contributed by atoms with Crippen LogP contribution >= 0.6 is 0 Å². The van der Waals surface area contributed by atoms with Gasteiger partial charge in [0.05, 0.1) is 13.0 Å². The summed E-state index contributed by atoms with van der Waals surface area (Å²) in [4.78, 5) is 23.1. The summed E-state index contributed by atoms with van der Waals surface area (Å²) in [6, 6.07) is 6.81. The van der Waals surface area contributed by atoms with Gasteiger partial charge in [-0.3, -0.25) is 4.79 Å². The Morgan fingerprint density at radius 1 is 1.43 bits per heavy atom.